The fourth-order valence-electron chi connectivity index (χ4n) is 2.89. The van der Waals surface area contributed by atoms with Gasteiger partial charge < -0.3 is 0 Å². The molecule has 0 aliphatic rings. The van der Waals surface area contributed by atoms with Crippen LogP contribution in [0.25, 0.3) is 10.8 Å². The number of carbonyl (C=O) groups excluding carboxylic acids is 1. The number of fused-ring (bicyclic) bond motifs is 1. The minimum atomic E-state index is -4.92. The largest absolute Gasteiger partial charge is 0.417 e. The number of nitrogens with one attached hydrogen (secondary N) is 2. The quantitative estimate of drug-likeness (QED) is 0.576. The van der Waals surface area contributed by atoms with Gasteiger partial charge in [-0.3, -0.25) is 15.0 Å². The molecule has 0 saturated carbocycles. The molecular formula is C19H17F3N4O4S. The lowest BCUT2D eigenvalue weighted by atomic mass is 10.1. The van der Waals surface area contributed by atoms with Gasteiger partial charge in [0.2, 0.25) is 0 Å². The normalized spacial score (nSPS) is 12.3. The van der Waals surface area contributed by atoms with Crippen molar-refractivity contribution < 1.29 is 26.4 Å². The molecule has 0 radical (unpaired) electrons. The highest BCUT2D eigenvalue weighted by Crippen LogP contribution is 2.33. The Bertz CT molecular complexity index is 1320. The van der Waals surface area contributed by atoms with Crippen molar-refractivity contribution in [3.63, 3.8) is 0 Å². The molecule has 0 spiro atoms. The van der Waals surface area contributed by atoms with E-state index in [4.69, 9.17) is 0 Å². The molecule has 8 nitrogen and oxygen atoms in total. The lowest BCUT2D eigenvalue weighted by Gasteiger charge is -2.15. The molecular weight excluding hydrogens is 437 g/mol. The van der Waals surface area contributed by atoms with Crippen molar-refractivity contribution >= 4 is 26.7 Å². The summed E-state index contributed by atoms with van der Waals surface area (Å²) >= 11 is 0. The molecule has 0 aliphatic heterocycles. The Balaban J connectivity index is 1.98. The Morgan fingerprint density at radius 2 is 1.61 bits per heavy atom. The summed E-state index contributed by atoms with van der Waals surface area (Å²) < 4.78 is 65.4. The Morgan fingerprint density at radius 3 is 2.23 bits per heavy atom. The van der Waals surface area contributed by atoms with Crippen LogP contribution in [0.5, 0.6) is 0 Å². The van der Waals surface area contributed by atoms with Crippen LogP contribution in [0.15, 0.2) is 58.2 Å². The fourth-order valence-corrected chi connectivity index (χ4v) is 3.96. The monoisotopic (exact) mass is 454 g/mol. The first-order valence-electron chi connectivity index (χ1n) is 8.93. The third-order valence-electron chi connectivity index (χ3n) is 4.31. The van der Waals surface area contributed by atoms with E-state index in [1.54, 1.807) is 30.8 Å². The Hall–Kier alpha value is -3.25. The van der Waals surface area contributed by atoms with Gasteiger partial charge >= 0.3 is 6.18 Å². The third-order valence-corrected chi connectivity index (χ3v) is 5.62. The van der Waals surface area contributed by atoms with E-state index in [0.717, 1.165) is 22.9 Å². The smallest absolute Gasteiger partial charge is 0.272 e. The molecule has 1 heterocycles. The molecule has 0 unspecified atom stereocenters. The summed E-state index contributed by atoms with van der Waals surface area (Å²) in [5.74, 6) is -1.04. The number of benzene rings is 2. The molecule has 3 rings (SSSR count). The van der Waals surface area contributed by atoms with E-state index in [0.29, 0.717) is 6.07 Å². The van der Waals surface area contributed by atoms with Crippen molar-refractivity contribution in [2.24, 2.45) is 0 Å². The molecule has 1 aromatic heterocycles. The summed E-state index contributed by atoms with van der Waals surface area (Å²) in [5.41, 5.74) is -0.219. The molecule has 0 fully saturated rings. The summed E-state index contributed by atoms with van der Waals surface area (Å²) in [6.07, 6.45) is -4.92. The van der Waals surface area contributed by atoms with E-state index in [1.807, 2.05) is 5.43 Å². The van der Waals surface area contributed by atoms with E-state index in [1.165, 1.54) is 12.1 Å². The van der Waals surface area contributed by atoms with Crippen molar-refractivity contribution in [1.82, 2.24) is 20.0 Å². The van der Waals surface area contributed by atoms with E-state index in [9.17, 15) is 31.2 Å². The van der Waals surface area contributed by atoms with Crippen molar-refractivity contribution in [3.8, 4) is 0 Å². The highest BCUT2D eigenvalue weighted by atomic mass is 32.2. The molecule has 0 atom stereocenters. The van der Waals surface area contributed by atoms with Gasteiger partial charge in [0.05, 0.1) is 21.9 Å². The second-order valence-electron chi connectivity index (χ2n) is 6.79. The summed E-state index contributed by atoms with van der Waals surface area (Å²) in [5, 5.41) is 4.35. The number of nitrogens with zero attached hydrogens (tertiary/aromatic N) is 2. The number of aromatic nitrogens is 2. The van der Waals surface area contributed by atoms with E-state index in [2.05, 4.69) is 5.10 Å². The third kappa shape index (κ3) is 4.44. The maximum atomic E-state index is 13.2. The molecule has 2 N–H and O–H groups in total. The van der Waals surface area contributed by atoms with Crippen LogP contribution in [0, 0.1) is 0 Å². The second kappa shape index (κ2) is 8.12. The first-order chi connectivity index (χ1) is 14.4. The predicted octanol–water partition coefficient (Wildman–Crippen LogP) is 2.62. The number of carbonyl (C=O) groups is 1. The average Bonchev–Trinajstić information content (AvgIpc) is 2.71. The van der Waals surface area contributed by atoms with Gasteiger partial charge in [0, 0.05) is 5.39 Å². The molecule has 1 amide bonds. The van der Waals surface area contributed by atoms with Gasteiger partial charge in [-0.2, -0.15) is 18.3 Å². The molecule has 0 saturated heterocycles. The van der Waals surface area contributed by atoms with E-state index < -0.39 is 44.2 Å². The molecule has 2 aromatic carbocycles. The van der Waals surface area contributed by atoms with Gasteiger partial charge in [0.15, 0.2) is 5.69 Å². The minimum Gasteiger partial charge on any atom is -0.272 e. The predicted molar refractivity (Wildman–Crippen MR) is 106 cm³/mol. The van der Waals surface area contributed by atoms with Gasteiger partial charge in [-0.25, -0.2) is 13.1 Å². The Morgan fingerprint density at radius 1 is 1.03 bits per heavy atom. The van der Waals surface area contributed by atoms with Crippen LogP contribution in [-0.2, 0) is 16.2 Å². The first kappa shape index (κ1) is 22.4. The van der Waals surface area contributed by atoms with Crippen LogP contribution in [0.4, 0.5) is 13.2 Å². The molecule has 31 heavy (non-hydrogen) atoms. The van der Waals surface area contributed by atoms with Crippen LogP contribution < -0.4 is 15.8 Å². The average molecular weight is 454 g/mol. The molecule has 0 aliphatic carbocycles. The second-order valence-corrected chi connectivity index (χ2v) is 8.44. The zero-order valence-corrected chi connectivity index (χ0v) is 17.1. The maximum absolute atomic E-state index is 13.2. The lowest BCUT2D eigenvalue weighted by Crippen LogP contribution is -2.43. The zero-order chi connectivity index (χ0) is 23.0. The highest BCUT2D eigenvalue weighted by Gasteiger charge is 2.37. The molecule has 164 valence electrons. The van der Waals surface area contributed by atoms with E-state index in [-0.39, 0.29) is 16.5 Å². The Kier molecular flexibility index (Phi) is 5.87. The van der Waals surface area contributed by atoms with Gasteiger partial charge in [-0.05, 0) is 32.0 Å². The van der Waals surface area contributed by atoms with Crippen LogP contribution in [0.3, 0.4) is 0 Å². The van der Waals surface area contributed by atoms with Crippen LogP contribution in [-0.4, -0.2) is 24.1 Å². The van der Waals surface area contributed by atoms with Crippen LogP contribution in [0.1, 0.15) is 35.9 Å². The number of halogens is 3. The van der Waals surface area contributed by atoms with Gasteiger partial charge in [-0.15, -0.1) is 4.83 Å². The SMILES string of the molecule is CC(C)n1nc(C(=O)NNS(=O)(=O)c2ccccc2C(F)(F)F)c2ccccc2c1=O. The zero-order valence-electron chi connectivity index (χ0n) is 16.3. The van der Waals surface area contributed by atoms with Crippen LogP contribution >= 0.6 is 0 Å². The summed E-state index contributed by atoms with van der Waals surface area (Å²) in [4.78, 5) is 25.8. The van der Waals surface area contributed by atoms with Crippen molar-refractivity contribution in [3.05, 3.63) is 70.1 Å². The standard InChI is InChI=1S/C19H17F3N4O4S/c1-11(2)26-18(28)13-8-4-3-7-12(13)16(24-26)17(27)23-25-31(29,30)15-10-6-5-9-14(15)19(20,21)22/h3-11,25H,1-2H3,(H,23,27). The number of amides is 1. The van der Waals surface area contributed by atoms with Gasteiger partial charge in [0.25, 0.3) is 21.5 Å². The highest BCUT2D eigenvalue weighted by molar-refractivity contribution is 7.89. The molecule has 3 aromatic rings. The van der Waals surface area contributed by atoms with Gasteiger partial charge in [0.1, 0.15) is 0 Å². The fraction of sp³-hybridized carbons (Fsp3) is 0.211. The summed E-state index contributed by atoms with van der Waals surface area (Å²) in [6, 6.07) is 9.24. The topological polar surface area (TPSA) is 110 Å². The number of hydrogen-bond donors (Lipinski definition) is 2. The summed E-state index contributed by atoms with van der Waals surface area (Å²) in [6.45, 7) is 3.34. The Labute approximate surface area is 174 Å². The number of alkyl halides is 3. The van der Waals surface area contributed by atoms with E-state index >= 15 is 0 Å². The molecule has 12 heteroatoms. The lowest BCUT2D eigenvalue weighted by molar-refractivity contribution is -0.139. The van der Waals surface area contributed by atoms with Crippen LogP contribution in [0.2, 0.25) is 0 Å². The number of hydrazine groups is 1. The first-order valence-corrected chi connectivity index (χ1v) is 10.4. The van der Waals surface area contributed by atoms with Crippen molar-refractivity contribution in [1.29, 1.82) is 0 Å². The maximum Gasteiger partial charge on any atom is 0.417 e. The number of hydrogen-bond acceptors (Lipinski definition) is 5. The van der Waals surface area contributed by atoms with Crippen molar-refractivity contribution in [2.45, 2.75) is 31.0 Å². The van der Waals surface area contributed by atoms with Gasteiger partial charge in [-0.1, -0.05) is 30.3 Å². The minimum absolute atomic E-state index is 0.164. The number of sulfonamides is 1. The molecule has 0 bridgehead atoms. The number of rotatable bonds is 5. The summed E-state index contributed by atoms with van der Waals surface area (Å²) in [7, 11) is -4.76. The van der Waals surface area contributed by atoms with Crippen molar-refractivity contribution in [2.75, 3.05) is 0 Å².